The smallest absolute Gasteiger partial charge is 0.140 e. The van der Waals surface area contributed by atoms with Crippen LogP contribution in [-0.2, 0) is 13.0 Å². The molecule has 1 aromatic carbocycles. The van der Waals surface area contributed by atoms with Crippen molar-refractivity contribution in [3.63, 3.8) is 0 Å². The number of nitrogens with one attached hydrogen (secondary N) is 1. The van der Waals surface area contributed by atoms with Gasteiger partial charge in [0.2, 0.25) is 0 Å². The van der Waals surface area contributed by atoms with E-state index in [9.17, 15) is 0 Å². The summed E-state index contributed by atoms with van der Waals surface area (Å²) in [5.41, 5.74) is 3.94. The molecule has 0 radical (unpaired) electrons. The molecule has 0 aliphatic heterocycles. The van der Waals surface area contributed by atoms with E-state index in [1.807, 2.05) is 14.0 Å². The number of hydrogen-bond acceptors (Lipinski definition) is 4. The molecule has 0 fully saturated rings. The van der Waals surface area contributed by atoms with Gasteiger partial charge in [-0.05, 0) is 57.0 Å². The first-order valence-electron chi connectivity index (χ1n) is 7.03. The Bertz CT molecular complexity index is 601. The van der Waals surface area contributed by atoms with E-state index in [0.717, 1.165) is 22.9 Å². The Morgan fingerprint density at radius 2 is 2.25 bits per heavy atom. The molecule has 3 rings (SSSR count). The van der Waals surface area contributed by atoms with Crippen LogP contribution in [0.1, 0.15) is 39.2 Å². The lowest BCUT2D eigenvalue weighted by atomic mass is 10.1. The molecular formula is C16H20N2OS. The third-order valence-electron chi connectivity index (χ3n) is 3.98. The van der Waals surface area contributed by atoms with Gasteiger partial charge in [-0.15, -0.1) is 11.3 Å². The van der Waals surface area contributed by atoms with Gasteiger partial charge in [0.05, 0.1) is 5.69 Å². The van der Waals surface area contributed by atoms with Crippen LogP contribution in [0.4, 0.5) is 0 Å². The molecule has 3 nitrogen and oxygen atoms in total. The third-order valence-corrected chi connectivity index (χ3v) is 5.02. The summed E-state index contributed by atoms with van der Waals surface area (Å²) in [6.07, 6.45) is 2.31. The van der Waals surface area contributed by atoms with Gasteiger partial charge < -0.3 is 10.1 Å². The third kappa shape index (κ3) is 2.58. The van der Waals surface area contributed by atoms with E-state index in [2.05, 4.69) is 35.4 Å². The van der Waals surface area contributed by atoms with Crippen LogP contribution in [0.25, 0.3) is 0 Å². The van der Waals surface area contributed by atoms with Gasteiger partial charge in [-0.2, -0.15) is 0 Å². The Labute approximate surface area is 124 Å². The van der Waals surface area contributed by atoms with Crippen LogP contribution < -0.4 is 10.1 Å². The molecule has 1 unspecified atom stereocenters. The molecule has 1 N–H and O–H groups in total. The molecule has 0 spiro atoms. The quantitative estimate of drug-likeness (QED) is 0.934. The summed E-state index contributed by atoms with van der Waals surface area (Å²) in [5.74, 6) is 0.950. The fourth-order valence-corrected chi connectivity index (χ4v) is 3.58. The number of rotatable bonds is 4. The number of nitrogens with zero attached hydrogens (tertiary/aromatic N) is 1. The van der Waals surface area contributed by atoms with Crippen molar-refractivity contribution >= 4 is 11.3 Å². The zero-order valence-corrected chi connectivity index (χ0v) is 13.0. The summed E-state index contributed by atoms with van der Waals surface area (Å²) in [5, 5.41) is 4.41. The molecule has 1 aliphatic carbocycles. The van der Waals surface area contributed by atoms with E-state index in [0.29, 0.717) is 12.6 Å². The van der Waals surface area contributed by atoms with Crippen molar-refractivity contribution in [2.45, 2.75) is 39.3 Å². The maximum absolute atomic E-state index is 5.88. The van der Waals surface area contributed by atoms with Crippen molar-refractivity contribution in [2.24, 2.45) is 0 Å². The van der Waals surface area contributed by atoms with Gasteiger partial charge in [0.15, 0.2) is 0 Å². The number of aromatic nitrogens is 1. The zero-order valence-electron chi connectivity index (χ0n) is 12.2. The van der Waals surface area contributed by atoms with Crippen LogP contribution in [0.5, 0.6) is 5.75 Å². The lowest BCUT2D eigenvalue weighted by Crippen LogP contribution is -2.12. The maximum atomic E-state index is 5.88. The number of aryl methyl sites for hydroxylation is 3. The zero-order chi connectivity index (χ0) is 14.1. The predicted octanol–water partition coefficient (Wildman–Crippen LogP) is 3.55. The van der Waals surface area contributed by atoms with Gasteiger partial charge in [0.25, 0.3) is 0 Å². The Hall–Kier alpha value is -1.39. The van der Waals surface area contributed by atoms with Crippen LogP contribution >= 0.6 is 11.3 Å². The van der Waals surface area contributed by atoms with Gasteiger partial charge in [-0.25, -0.2) is 4.98 Å². The highest BCUT2D eigenvalue weighted by atomic mass is 32.1. The minimum atomic E-state index is 0.503. The van der Waals surface area contributed by atoms with E-state index in [4.69, 9.17) is 4.74 Å². The summed E-state index contributed by atoms with van der Waals surface area (Å²) in [6, 6.07) is 6.95. The van der Waals surface area contributed by atoms with Crippen LogP contribution in [0.2, 0.25) is 0 Å². The summed E-state index contributed by atoms with van der Waals surface area (Å²) in [4.78, 5) is 5.78. The normalized spacial score (nSPS) is 17.2. The van der Waals surface area contributed by atoms with Crippen LogP contribution in [-0.4, -0.2) is 12.0 Å². The largest absolute Gasteiger partial charge is 0.486 e. The van der Waals surface area contributed by atoms with E-state index in [1.165, 1.54) is 22.4 Å². The number of thiazole rings is 1. The molecule has 2 aromatic rings. The average Bonchev–Trinajstić information content (AvgIpc) is 3.00. The second-order valence-corrected chi connectivity index (χ2v) is 6.57. The Morgan fingerprint density at radius 3 is 2.95 bits per heavy atom. The minimum Gasteiger partial charge on any atom is -0.486 e. The van der Waals surface area contributed by atoms with Crippen molar-refractivity contribution in [1.29, 1.82) is 0 Å². The number of benzene rings is 1. The predicted molar refractivity (Wildman–Crippen MR) is 82.5 cm³/mol. The molecule has 0 saturated carbocycles. The van der Waals surface area contributed by atoms with Crippen LogP contribution in [0.15, 0.2) is 18.2 Å². The van der Waals surface area contributed by atoms with Gasteiger partial charge in [0.1, 0.15) is 17.4 Å². The van der Waals surface area contributed by atoms with Crippen molar-refractivity contribution in [3.8, 4) is 5.75 Å². The van der Waals surface area contributed by atoms with Gasteiger partial charge >= 0.3 is 0 Å². The van der Waals surface area contributed by atoms with Crippen LogP contribution in [0.3, 0.4) is 0 Å². The summed E-state index contributed by atoms with van der Waals surface area (Å²) < 4.78 is 5.88. The van der Waals surface area contributed by atoms with Crippen molar-refractivity contribution < 1.29 is 4.74 Å². The van der Waals surface area contributed by atoms with Crippen molar-refractivity contribution in [3.05, 3.63) is 44.9 Å². The molecule has 0 saturated heterocycles. The molecule has 1 aliphatic rings. The Kier molecular flexibility index (Phi) is 3.76. The lowest BCUT2D eigenvalue weighted by Gasteiger charge is -2.11. The van der Waals surface area contributed by atoms with E-state index < -0.39 is 0 Å². The fourth-order valence-electron chi connectivity index (χ4n) is 2.73. The Balaban J connectivity index is 1.70. The molecule has 1 atom stereocenters. The van der Waals surface area contributed by atoms with Crippen molar-refractivity contribution in [2.75, 3.05) is 7.05 Å². The first kappa shape index (κ1) is 13.6. The summed E-state index contributed by atoms with van der Waals surface area (Å²) in [7, 11) is 2.03. The minimum absolute atomic E-state index is 0.503. The standard InChI is InChI=1S/C16H20N2OS/c1-10-11(2)20-16(18-10)9-19-13-5-6-14-12(8-13)4-7-15(14)17-3/h5-6,8,15,17H,4,7,9H2,1-3H3. The molecule has 1 heterocycles. The van der Waals surface area contributed by atoms with Crippen LogP contribution in [0, 0.1) is 13.8 Å². The highest BCUT2D eigenvalue weighted by Gasteiger charge is 2.21. The highest BCUT2D eigenvalue weighted by Crippen LogP contribution is 2.33. The lowest BCUT2D eigenvalue weighted by molar-refractivity contribution is 0.305. The number of ether oxygens (including phenoxy) is 1. The van der Waals surface area contributed by atoms with E-state index >= 15 is 0 Å². The van der Waals surface area contributed by atoms with Crippen molar-refractivity contribution in [1.82, 2.24) is 10.3 Å². The molecule has 0 bridgehead atoms. The average molecular weight is 288 g/mol. The second-order valence-electron chi connectivity index (χ2n) is 5.28. The summed E-state index contributed by atoms with van der Waals surface area (Å²) >= 11 is 1.72. The molecule has 4 heteroatoms. The highest BCUT2D eigenvalue weighted by molar-refractivity contribution is 7.11. The summed E-state index contributed by atoms with van der Waals surface area (Å²) in [6.45, 7) is 4.71. The van der Waals surface area contributed by atoms with E-state index in [1.54, 1.807) is 11.3 Å². The second kappa shape index (κ2) is 5.54. The number of hydrogen-bond donors (Lipinski definition) is 1. The topological polar surface area (TPSA) is 34.1 Å². The molecular weight excluding hydrogens is 268 g/mol. The van der Waals surface area contributed by atoms with Gasteiger partial charge in [-0.3, -0.25) is 0 Å². The molecule has 106 valence electrons. The maximum Gasteiger partial charge on any atom is 0.140 e. The molecule has 0 amide bonds. The Morgan fingerprint density at radius 1 is 1.40 bits per heavy atom. The molecule has 1 aromatic heterocycles. The molecule has 20 heavy (non-hydrogen) atoms. The monoisotopic (exact) mass is 288 g/mol. The number of fused-ring (bicyclic) bond motifs is 1. The van der Waals surface area contributed by atoms with Gasteiger partial charge in [-0.1, -0.05) is 6.07 Å². The SMILES string of the molecule is CNC1CCc2cc(OCc3nc(C)c(C)s3)ccc21. The fraction of sp³-hybridized carbons (Fsp3) is 0.438. The first-order chi connectivity index (χ1) is 9.67. The van der Waals surface area contributed by atoms with Gasteiger partial charge in [0, 0.05) is 10.9 Å². The van der Waals surface area contributed by atoms with E-state index in [-0.39, 0.29) is 0 Å². The first-order valence-corrected chi connectivity index (χ1v) is 7.85.